The summed E-state index contributed by atoms with van der Waals surface area (Å²) in [7, 11) is 2.00. The molecule has 1 rings (SSSR count). The lowest BCUT2D eigenvalue weighted by Crippen LogP contribution is -2.29. The lowest BCUT2D eigenvalue weighted by Gasteiger charge is -2.26. The normalized spacial score (nSPS) is 12.3. The van der Waals surface area contributed by atoms with Gasteiger partial charge in [-0.1, -0.05) is 6.92 Å². The average molecular weight is 274 g/mol. The van der Waals surface area contributed by atoms with E-state index in [9.17, 15) is 0 Å². The summed E-state index contributed by atoms with van der Waals surface area (Å²) in [5.41, 5.74) is 2.52. The first-order valence-electron chi connectivity index (χ1n) is 4.81. The molecule has 15 heavy (non-hydrogen) atoms. The van der Waals surface area contributed by atoms with Gasteiger partial charge in [0.05, 0.1) is 0 Å². The summed E-state index contributed by atoms with van der Waals surface area (Å²) in [6.45, 7) is 4.28. The van der Waals surface area contributed by atoms with Gasteiger partial charge in [0.2, 0.25) is 0 Å². The van der Waals surface area contributed by atoms with Crippen molar-refractivity contribution in [3.8, 4) is 0 Å². The number of hydrazine groups is 1. The molecule has 0 fully saturated rings. The molecule has 0 aliphatic carbocycles. The van der Waals surface area contributed by atoms with Gasteiger partial charge in [-0.25, -0.2) is 15.8 Å². The van der Waals surface area contributed by atoms with E-state index in [1.54, 1.807) is 0 Å². The van der Waals surface area contributed by atoms with Gasteiger partial charge in [-0.3, -0.25) is 0 Å². The Kier molecular flexibility index (Phi) is 4.28. The van der Waals surface area contributed by atoms with E-state index in [0.29, 0.717) is 11.9 Å². The zero-order valence-corrected chi connectivity index (χ0v) is 10.7. The maximum absolute atomic E-state index is 5.34. The number of nitrogen functional groups attached to an aromatic ring is 1. The molecule has 1 heterocycles. The van der Waals surface area contributed by atoms with Gasteiger partial charge in [-0.05, 0) is 29.3 Å². The smallest absolute Gasteiger partial charge is 0.159 e. The molecular formula is C9H16BrN5. The second-order valence-electron chi connectivity index (χ2n) is 3.37. The van der Waals surface area contributed by atoms with Crippen molar-refractivity contribution in [3.63, 3.8) is 0 Å². The first-order chi connectivity index (χ1) is 7.11. The lowest BCUT2D eigenvalue weighted by molar-refractivity contribution is 0.655. The first-order valence-corrected chi connectivity index (χ1v) is 5.61. The molecule has 0 aliphatic rings. The van der Waals surface area contributed by atoms with Gasteiger partial charge in [0.1, 0.15) is 16.6 Å². The van der Waals surface area contributed by atoms with Crippen LogP contribution in [0.5, 0.6) is 0 Å². The van der Waals surface area contributed by atoms with Crippen LogP contribution in [0.25, 0.3) is 0 Å². The van der Waals surface area contributed by atoms with E-state index >= 15 is 0 Å². The van der Waals surface area contributed by atoms with Crippen molar-refractivity contribution in [2.75, 3.05) is 17.4 Å². The molecule has 0 saturated carbocycles. The standard InChI is InChI=1S/C9H16BrN5/c1-4-6(2)15(3)9-7(10)8(14-11)12-5-13-9/h5-6H,4,11H2,1-3H3,(H,12,13,14). The highest BCUT2D eigenvalue weighted by molar-refractivity contribution is 9.10. The van der Waals surface area contributed by atoms with Crippen molar-refractivity contribution in [2.45, 2.75) is 26.3 Å². The van der Waals surface area contributed by atoms with Crippen molar-refractivity contribution in [2.24, 2.45) is 5.84 Å². The van der Waals surface area contributed by atoms with Crippen LogP contribution in [0.15, 0.2) is 10.8 Å². The molecule has 0 amide bonds. The average Bonchev–Trinajstić information content (AvgIpc) is 2.27. The minimum Gasteiger partial charge on any atom is -0.356 e. The number of aromatic nitrogens is 2. The second-order valence-corrected chi connectivity index (χ2v) is 4.17. The van der Waals surface area contributed by atoms with Crippen LogP contribution in [0, 0.1) is 0 Å². The molecule has 0 saturated heterocycles. The number of nitrogens with zero attached hydrogens (tertiary/aromatic N) is 3. The highest BCUT2D eigenvalue weighted by atomic mass is 79.9. The largest absolute Gasteiger partial charge is 0.356 e. The van der Waals surface area contributed by atoms with Gasteiger partial charge in [-0.2, -0.15) is 0 Å². The molecule has 0 aromatic carbocycles. The number of anilines is 2. The van der Waals surface area contributed by atoms with Crippen LogP contribution < -0.4 is 16.2 Å². The number of hydrogen-bond acceptors (Lipinski definition) is 5. The second kappa shape index (κ2) is 5.27. The topological polar surface area (TPSA) is 67.1 Å². The van der Waals surface area contributed by atoms with E-state index in [1.807, 2.05) is 7.05 Å². The number of nitrogens with two attached hydrogens (primary N) is 1. The monoisotopic (exact) mass is 273 g/mol. The summed E-state index contributed by atoms with van der Waals surface area (Å²) in [6, 6.07) is 0.418. The van der Waals surface area contributed by atoms with E-state index in [2.05, 4.69) is 50.1 Å². The molecule has 1 unspecified atom stereocenters. The SMILES string of the molecule is CCC(C)N(C)c1ncnc(NN)c1Br. The molecule has 1 aromatic heterocycles. The van der Waals surface area contributed by atoms with E-state index < -0.39 is 0 Å². The van der Waals surface area contributed by atoms with Gasteiger partial charge in [0, 0.05) is 13.1 Å². The Hall–Kier alpha value is -0.880. The zero-order chi connectivity index (χ0) is 11.4. The maximum atomic E-state index is 5.34. The molecule has 0 aliphatic heterocycles. The van der Waals surface area contributed by atoms with Gasteiger partial charge in [-0.15, -0.1) is 0 Å². The van der Waals surface area contributed by atoms with Crippen LogP contribution in [0.1, 0.15) is 20.3 Å². The van der Waals surface area contributed by atoms with Gasteiger partial charge >= 0.3 is 0 Å². The highest BCUT2D eigenvalue weighted by Crippen LogP contribution is 2.29. The number of rotatable bonds is 4. The molecule has 5 nitrogen and oxygen atoms in total. The van der Waals surface area contributed by atoms with Crippen LogP contribution in [-0.4, -0.2) is 23.1 Å². The molecule has 1 aromatic rings. The summed E-state index contributed by atoms with van der Waals surface area (Å²) in [6.07, 6.45) is 2.55. The maximum Gasteiger partial charge on any atom is 0.159 e. The Morgan fingerprint density at radius 2 is 2.27 bits per heavy atom. The van der Waals surface area contributed by atoms with Crippen LogP contribution in [0.2, 0.25) is 0 Å². The lowest BCUT2D eigenvalue weighted by atomic mass is 10.2. The Morgan fingerprint density at radius 1 is 1.60 bits per heavy atom. The van der Waals surface area contributed by atoms with Crippen molar-refractivity contribution in [1.82, 2.24) is 9.97 Å². The Balaban J connectivity index is 3.03. The number of hydrogen-bond donors (Lipinski definition) is 2. The third-order valence-corrected chi connectivity index (χ3v) is 3.22. The summed E-state index contributed by atoms with van der Waals surface area (Å²) in [5, 5.41) is 0. The van der Waals surface area contributed by atoms with Gasteiger partial charge < -0.3 is 10.3 Å². The molecule has 0 radical (unpaired) electrons. The Labute approximate surface area is 98.2 Å². The van der Waals surface area contributed by atoms with Crippen LogP contribution in [0.3, 0.4) is 0 Å². The third-order valence-electron chi connectivity index (χ3n) is 2.49. The van der Waals surface area contributed by atoms with E-state index in [1.165, 1.54) is 6.33 Å². The van der Waals surface area contributed by atoms with Gasteiger partial charge in [0.15, 0.2) is 5.82 Å². The van der Waals surface area contributed by atoms with Crippen molar-refractivity contribution in [3.05, 3.63) is 10.8 Å². The summed E-state index contributed by atoms with van der Waals surface area (Å²) in [4.78, 5) is 10.3. The van der Waals surface area contributed by atoms with Crippen molar-refractivity contribution in [1.29, 1.82) is 0 Å². The fourth-order valence-electron chi connectivity index (χ4n) is 1.19. The molecule has 84 valence electrons. The number of halogens is 1. The molecule has 3 N–H and O–H groups in total. The van der Waals surface area contributed by atoms with E-state index in [0.717, 1.165) is 16.7 Å². The van der Waals surface area contributed by atoms with E-state index in [4.69, 9.17) is 5.84 Å². The fourth-order valence-corrected chi connectivity index (χ4v) is 1.79. The predicted molar refractivity (Wildman–Crippen MR) is 65.7 cm³/mol. The van der Waals surface area contributed by atoms with Crippen molar-refractivity contribution >= 4 is 27.6 Å². The van der Waals surface area contributed by atoms with Crippen LogP contribution >= 0.6 is 15.9 Å². The summed E-state index contributed by atoms with van der Waals surface area (Å²) >= 11 is 3.43. The minimum atomic E-state index is 0.418. The van der Waals surface area contributed by atoms with Crippen LogP contribution in [-0.2, 0) is 0 Å². The highest BCUT2D eigenvalue weighted by Gasteiger charge is 2.15. The third kappa shape index (κ3) is 2.57. The molecule has 6 heteroatoms. The quantitative estimate of drug-likeness (QED) is 0.647. The fraction of sp³-hybridized carbons (Fsp3) is 0.556. The van der Waals surface area contributed by atoms with E-state index in [-0.39, 0.29) is 0 Å². The summed E-state index contributed by atoms with van der Waals surface area (Å²) < 4.78 is 0.787. The van der Waals surface area contributed by atoms with Crippen molar-refractivity contribution < 1.29 is 0 Å². The molecular weight excluding hydrogens is 258 g/mol. The number of nitrogens with one attached hydrogen (secondary N) is 1. The minimum absolute atomic E-state index is 0.418. The molecule has 0 spiro atoms. The predicted octanol–water partition coefficient (Wildman–Crippen LogP) is 1.76. The molecule has 0 bridgehead atoms. The molecule has 1 atom stereocenters. The van der Waals surface area contributed by atoms with Crippen LogP contribution in [0.4, 0.5) is 11.6 Å². The van der Waals surface area contributed by atoms with Gasteiger partial charge in [0.25, 0.3) is 0 Å². The summed E-state index contributed by atoms with van der Waals surface area (Å²) in [5.74, 6) is 6.77. The Bertz CT molecular complexity index is 330. The zero-order valence-electron chi connectivity index (χ0n) is 9.16. The Morgan fingerprint density at radius 3 is 2.80 bits per heavy atom. The first kappa shape index (κ1) is 12.2.